The van der Waals surface area contributed by atoms with E-state index >= 15 is 0 Å². The number of nitrogens with one attached hydrogen (secondary N) is 1. The second-order valence-electron chi connectivity index (χ2n) is 5.10. The molecule has 0 aromatic carbocycles. The molecule has 1 rings (SSSR count). The van der Waals surface area contributed by atoms with Crippen LogP contribution in [0.1, 0.15) is 59.3 Å². The van der Waals surface area contributed by atoms with E-state index in [4.69, 9.17) is 4.74 Å². The maximum absolute atomic E-state index is 5.96. The highest BCUT2D eigenvalue weighted by molar-refractivity contribution is 4.85. The molecular formula is C14H29NO. The minimum Gasteiger partial charge on any atom is -0.378 e. The molecule has 1 fully saturated rings. The van der Waals surface area contributed by atoms with Gasteiger partial charge in [0.05, 0.1) is 6.10 Å². The van der Waals surface area contributed by atoms with Crippen molar-refractivity contribution in [2.75, 3.05) is 13.2 Å². The van der Waals surface area contributed by atoms with Gasteiger partial charge in [-0.25, -0.2) is 0 Å². The summed E-state index contributed by atoms with van der Waals surface area (Å²) in [5.41, 5.74) is 0. The molecule has 0 aromatic heterocycles. The van der Waals surface area contributed by atoms with E-state index in [-0.39, 0.29) is 0 Å². The van der Waals surface area contributed by atoms with Crippen molar-refractivity contribution >= 4 is 0 Å². The highest BCUT2D eigenvalue weighted by Crippen LogP contribution is 2.25. The molecule has 0 bridgehead atoms. The Labute approximate surface area is 101 Å². The molecule has 2 nitrogen and oxygen atoms in total. The van der Waals surface area contributed by atoms with Crippen LogP contribution in [0.25, 0.3) is 0 Å². The molecule has 16 heavy (non-hydrogen) atoms. The first kappa shape index (κ1) is 14.0. The maximum Gasteiger partial charge on any atom is 0.0605 e. The summed E-state index contributed by atoms with van der Waals surface area (Å²) in [6.07, 6.45) is 8.25. The summed E-state index contributed by atoms with van der Waals surface area (Å²) in [6.45, 7) is 8.80. The average Bonchev–Trinajstić information content (AvgIpc) is 2.25. The molecule has 1 atom stereocenters. The third kappa shape index (κ3) is 4.84. The van der Waals surface area contributed by atoms with E-state index in [9.17, 15) is 0 Å². The smallest absolute Gasteiger partial charge is 0.0605 e. The van der Waals surface area contributed by atoms with E-state index in [2.05, 4.69) is 26.1 Å². The highest BCUT2D eigenvalue weighted by Gasteiger charge is 2.29. The first-order chi connectivity index (χ1) is 7.80. The summed E-state index contributed by atoms with van der Waals surface area (Å²) in [6, 6.07) is 0.728. The van der Waals surface area contributed by atoms with Gasteiger partial charge >= 0.3 is 0 Å². The van der Waals surface area contributed by atoms with Crippen molar-refractivity contribution in [3.63, 3.8) is 0 Å². The van der Waals surface area contributed by atoms with E-state index in [1.807, 2.05) is 0 Å². The first-order valence-corrected chi connectivity index (χ1v) is 7.15. The first-order valence-electron chi connectivity index (χ1n) is 7.15. The molecule has 1 N–H and O–H groups in total. The largest absolute Gasteiger partial charge is 0.378 e. The normalized spacial score (nSPS) is 26.4. The lowest BCUT2D eigenvalue weighted by atomic mass is 9.89. The van der Waals surface area contributed by atoms with Gasteiger partial charge in [0.1, 0.15) is 0 Å². The number of ether oxygens (including phenoxy) is 1. The van der Waals surface area contributed by atoms with Crippen LogP contribution in [0.4, 0.5) is 0 Å². The molecule has 0 amide bonds. The topological polar surface area (TPSA) is 21.3 Å². The lowest BCUT2D eigenvalue weighted by Crippen LogP contribution is -2.45. The Hall–Kier alpha value is -0.0800. The molecule has 1 unspecified atom stereocenters. The van der Waals surface area contributed by atoms with E-state index in [0.717, 1.165) is 25.1 Å². The van der Waals surface area contributed by atoms with Gasteiger partial charge in [0.25, 0.3) is 0 Å². The van der Waals surface area contributed by atoms with Gasteiger partial charge in [-0.05, 0) is 31.7 Å². The van der Waals surface area contributed by atoms with Crippen LogP contribution in [0.2, 0.25) is 0 Å². The van der Waals surface area contributed by atoms with Gasteiger partial charge in [-0.1, -0.05) is 40.0 Å². The van der Waals surface area contributed by atoms with Crippen LogP contribution in [0.3, 0.4) is 0 Å². The summed E-state index contributed by atoms with van der Waals surface area (Å²) in [5, 5.41) is 3.47. The quantitative estimate of drug-likeness (QED) is 0.652. The van der Waals surface area contributed by atoms with Crippen molar-refractivity contribution in [1.29, 1.82) is 0 Å². The van der Waals surface area contributed by atoms with Crippen LogP contribution in [0.15, 0.2) is 0 Å². The third-order valence-corrected chi connectivity index (χ3v) is 3.70. The predicted molar refractivity (Wildman–Crippen MR) is 69.7 cm³/mol. The van der Waals surface area contributed by atoms with Crippen LogP contribution >= 0.6 is 0 Å². The summed E-state index contributed by atoms with van der Waals surface area (Å²) in [4.78, 5) is 0. The van der Waals surface area contributed by atoms with Gasteiger partial charge in [-0.2, -0.15) is 0 Å². The van der Waals surface area contributed by atoms with E-state index in [0.29, 0.717) is 6.10 Å². The molecule has 96 valence electrons. The molecule has 1 saturated carbocycles. The Bertz CT molecular complexity index is 166. The number of hydrogen-bond acceptors (Lipinski definition) is 2. The van der Waals surface area contributed by atoms with Crippen LogP contribution in [0.5, 0.6) is 0 Å². The van der Waals surface area contributed by atoms with Crippen molar-refractivity contribution in [3.8, 4) is 0 Å². The van der Waals surface area contributed by atoms with E-state index in [1.54, 1.807) is 0 Å². The molecular weight excluding hydrogens is 198 g/mol. The van der Waals surface area contributed by atoms with Gasteiger partial charge < -0.3 is 10.1 Å². The van der Waals surface area contributed by atoms with Gasteiger partial charge in [-0.3, -0.25) is 0 Å². The molecule has 0 radical (unpaired) electrons. The zero-order chi connectivity index (χ0) is 11.8. The number of hydrogen-bond donors (Lipinski definition) is 1. The van der Waals surface area contributed by atoms with Gasteiger partial charge in [0.2, 0.25) is 0 Å². The van der Waals surface area contributed by atoms with Crippen LogP contribution in [-0.4, -0.2) is 25.3 Å². The Morgan fingerprint density at radius 2 is 2.00 bits per heavy atom. The van der Waals surface area contributed by atoms with Gasteiger partial charge in [0.15, 0.2) is 0 Å². The van der Waals surface area contributed by atoms with Gasteiger partial charge in [-0.15, -0.1) is 0 Å². The molecule has 0 spiro atoms. The van der Waals surface area contributed by atoms with Crippen molar-refractivity contribution < 1.29 is 4.74 Å². The third-order valence-electron chi connectivity index (χ3n) is 3.70. The molecule has 0 aliphatic heterocycles. The summed E-state index contributed by atoms with van der Waals surface area (Å²) < 4.78 is 5.96. The molecule has 0 aromatic rings. The van der Waals surface area contributed by atoms with Crippen molar-refractivity contribution in [2.45, 2.75) is 71.4 Å². The Balaban J connectivity index is 2.01. The number of unbranched alkanes of at least 4 members (excludes halogenated alkanes) is 1. The Kier molecular flexibility index (Phi) is 7.06. The van der Waals surface area contributed by atoms with Crippen LogP contribution < -0.4 is 5.32 Å². The fraction of sp³-hybridized carbons (Fsp3) is 1.00. The Morgan fingerprint density at radius 3 is 2.56 bits per heavy atom. The SMILES string of the molecule is CCCCC(CC)COC1CC(NCC)C1. The van der Waals surface area contributed by atoms with Crippen molar-refractivity contribution in [1.82, 2.24) is 5.32 Å². The average molecular weight is 227 g/mol. The second kappa shape index (κ2) is 8.08. The highest BCUT2D eigenvalue weighted by atomic mass is 16.5. The van der Waals surface area contributed by atoms with Crippen LogP contribution in [-0.2, 0) is 4.74 Å². The zero-order valence-electron chi connectivity index (χ0n) is 11.3. The van der Waals surface area contributed by atoms with Gasteiger partial charge in [0, 0.05) is 12.6 Å². The molecule has 1 aliphatic rings. The summed E-state index contributed by atoms with van der Waals surface area (Å²) >= 11 is 0. The van der Waals surface area contributed by atoms with Crippen molar-refractivity contribution in [3.05, 3.63) is 0 Å². The monoisotopic (exact) mass is 227 g/mol. The summed E-state index contributed by atoms with van der Waals surface area (Å²) in [7, 11) is 0. The predicted octanol–water partition coefficient (Wildman–Crippen LogP) is 3.36. The van der Waals surface area contributed by atoms with Crippen molar-refractivity contribution in [2.24, 2.45) is 5.92 Å². The van der Waals surface area contributed by atoms with E-state index < -0.39 is 0 Å². The molecule has 0 saturated heterocycles. The molecule has 0 heterocycles. The minimum absolute atomic E-state index is 0.541. The molecule has 1 aliphatic carbocycles. The molecule has 2 heteroatoms. The fourth-order valence-electron chi connectivity index (χ4n) is 2.33. The lowest BCUT2D eigenvalue weighted by Gasteiger charge is -2.36. The minimum atomic E-state index is 0.541. The fourth-order valence-corrected chi connectivity index (χ4v) is 2.33. The zero-order valence-corrected chi connectivity index (χ0v) is 11.3. The Morgan fingerprint density at radius 1 is 1.25 bits per heavy atom. The van der Waals surface area contributed by atoms with E-state index in [1.165, 1.54) is 38.5 Å². The number of rotatable bonds is 9. The second-order valence-corrected chi connectivity index (χ2v) is 5.10. The lowest BCUT2D eigenvalue weighted by molar-refractivity contribution is -0.0335. The summed E-state index contributed by atoms with van der Waals surface area (Å²) in [5.74, 6) is 0.790. The standard InChI is InChI=1S/C14H29NO/c1-4-7-8-12(5-2)11-16-14-9-13(10-14)15-6-3/h12-15H,4-11H2,1-3H3. The van der Waals surface area contributed by atoms with Crippen LogP contribution in [0, 0.1) is 5.92 Å². The maximum atomic E-state index is 5.96.